The number of hydrogen-bond donors (Lipinski definition) is 1. The smallest absolute Gasteiger partial charge is 0.0404 e. The fourth-order valence-corrected chi connectivity index (χ4v) is 1.16. The zero-order valence-electron chi connectivity index (χ0n) is 6.26. The molecule has 0 atom stereocenters. The lowest BCUT2D eigenvalue weighted by Gasteiger charge is -1.97. The molecule has 11 heavy (non-hydrogen) atoms. The molecule has 0 fully saturated rings. The first-order valence-corrected chi connectivity index (χ1v) is 4.71. The molecule has 0 aliphatic carbocycles. The van der Waals surface area contributed by atoms with E-state index >= 15 is 0 Å². The Morgan fingerprint density at radius 2 is 2.27 bits per heavy atom. The highest BCUT2D eigenvalue weighted by atomic mass is 127. The van der Waals surface area contributed by atoms with Crippen molar-refractivity contribution in [1.29, 1.82) is 0 Å². The zero-order valence-corrected chi connectivity index (χ0v) is 8.41. The van der Waals surface area contributed by atoms with E-state index in [0.29, 0.717) is 0 Å². The van der Waals surface area contributed by atoms with Crippen molar-refractivity contribution in [3.63, 3.8) is 0 Å². The first kappa shape index (κ1) is 8.93. The molecular formula is C8H11IN2. The predicted molar refractivity (Wildman–Crippen MR) is 54.3 cm³/mol. The second-order valence-corrected chi connectivity index (χ2v) is 3.61. The van der Waals surface area contributed by atoms with Crippen LogP contribution in [0.25, 0.3) is 0 Å². The molecule has 0 aromatic carbocycles. The Morgan fingerprint density at radius 3 is 2.82 bits per heavy atom. The molecule has 3 heteroatoms. The second-order valence-electron chi connectivity index (χ2n) is 2.36. The minimum Gasteiger partial charge on any atom is -0.330 e. The molecule has 0 saturated heterocycles. The summed E-state index contributed by atoms with van der Waals surface area (Å²) in [4.78, 5) is 4.25. The van der Waals surface area contributed by atoms with Crippen LogP contribution in [0.4, 0.5) is 0 Å². The van der Waals surface area contributed by atoms with Gasteiger partial charge in [0.2, 0.25) is 0 Å². The molecule has 0 aliphatic rings. The number of rotatable bonds is 3. The number of hydrogen-bond acceptors (Lipinski definition) is 2. The molecule has 0 bridgehead atoms. The van der Waals surface area contributed by atoms with Gasteiger partial charge in [-0.2, -0.15) is 0 Å². The molecule has 60 valence electrons. The Labute approximate surface area is 80.3 Å². The van der Waals surface area contributed by atoms with E-state index in [2.05, 4.69) is 39.7 Å². The van der Waals surface area contributed by atoms with E-state index in [1.165, 1.54) is 3.57 Å². The number of halogens is 1. The Morgan fingerprint density at radius 1 is 1.45 bits per heavy atom. The van der Waals surface area contributed by atoms with E-state index in [9.17, 15) is 0 Å². The zero-order chi connectivity index (χ0) is 8.10. The van der Waals surface area contributed by atoms with Crippen LogP contribution < -0.4 is 5.73 Å². The van der Waals surface area contributed by atoms with Crippen LogP contribution >= 0.6 is 22.6 Å². The Balaban J connectivity index is 2.52. The second kappa shape index (κ2) is 4.66. The summed E-state index contributed by atoms with van der Waals surface area (Å²) < 4.78 is 1.18. The minimum atomic E-state index is 0.744. The van der Waals surface area contributed by atoms with Gasteiger partial charge in [-0.1, -0.05) is 0 Å². The molecule has 0 radical (unpaired) electrons. The van der Waals surface area contributed by atoms with E-state index < -0.39 is 0 Å². The third-order valence-electron chi connectivity index (χ3n) is 1.43. The number of nitrogens with two attached hydrogens (primary N) is 1. The van der Waals surface area contributed by atoms with Crippen molar-refractivity contribution < 1.29 is 0 Å². The summed E-state index contributed by atoms with van der Waals surface area (Å²) in [6.07, 6.45) is 3.90. The fourth-order valence-electron chi connectivity index (χ4n) is 0.838. The lowest BCUT2D eigenvalue weighted by Crippen LogP contribution is -2.01. The first-order chi connectivity index (χ1) is 5.33. The van der Waals surface area contributed by atoms with Crippen molar-refractivity contribution in [1.82, 2.24) is 4.98 Å². The maximum atomic E-state index is 5.38. The van der Waals surface area contributed by atoms with Crippen molar-refractivity contribution in [2.75, 3.05) is 6.54 Å². The summed E-state index contributed by atoms with van der Waals surface area (Å²) in [6.45, 7) is 0.744. The number of aryl methyl sites for hydroxylation is 1. The topological polar surface area (TPSA) is 38.9 Å². The summed E-state index contributed by atoms with van der Waals surface area (Å²) >= 11 is 2.25. The highest BCUT2D eigenvalue weighted by Crippen LogP contribution is 2.04. The van der Waals surface area contributed by atoms with Crippen molar-refractivity contribution in [2.24, 2.45) is 5.73 Å². The van der Waals surface area contributed by atoms with Crippen LogP contribution in [0, 0.1) is 3.57 Å². The number of nitrogens with zero attached hydrogens (tertiary/aromatic N) is 1. The monoisotopic (exact) mass is 262 g/mol. The highest BCUT2D eigenvalue weighted by molar-refractivity contribution is 14.1. The largest absolute Gasteiger partial charge is 0.330 e. The molecule has 2 nitrogen and oxygen atoms in total. The van der Waals surface area contributed by atoms with Crippen LogP contribution in [0.15, 0.2) is 18.3 Å². The molecular weight excluding hydrogens is 251 g/mol. The van der Waals surface area contributed by atoms with Gasteiger partial charge in [0.05, 0.1) is 0 Å². The van der Waals surface area contributed by atoms with Gasteiger partial charge in [0.25, 0.3) is 0 Å². The molecule has 1 rings (SSSR count). The van der Waals surface area contributed by atoms with Crippen LogP contribution in [-0.4, -0.2) is 11.5 Å². The van der Waals surface area contributed by atoms with Crippen molar-refractivity contribution >= 4 is 22.6 Å². The van der Waals surface area contributed by atoms with Gasteiger partial charge in [0.1, 0.15) is 0 Å². The molecule has 0 spiro atoms. The van der Waals surface area contributed by atoms with Crippen LogP contribution in [0.3, 0.4) is 0 Å². The summed E-state index contributed by atoms with van der Waals surface area (Å²) in [5.41, 5.74) is 6.51. The third kappa shape index (κ3) is 3.16. The van der Waals surface area contributed by atoms with Gasteiger partial charge in [-0.25, -0.2) is 0 Å². The maximum Gasteiger partial charge on any atom is 0.0404 e. The maximum absolute atomic E-state index is 5.38. The molecule has 0 saturated carbocycles. The Bertz CT molecular complexity index is 208. The molecule has 0 aliphatic heterocycles. The number of pyridine rings is 1. The minimum absolute atomic E-state index is 0.744. The van der Waals surface area contributed by atoms with Crippen molar-refractivity contribution in [2.45, 2.75) is 12.8 Å². The summed E-state index contributed by atoms with van der Waals surface area (Å²) in [7, 11) is 0. The van der Waals surface area contributed by atoms with E-state index in [0.717, 1.165) is 25.1 Å². The average molecular weight is 262 g/mol. The summed E-state index contributed by atoms with van der Waals surface area (Å²) in [5.74, 6) is 0. The molecule has 1 heterocycles. The standard InChI is InChI=1S/C8H11IN2/c9-7-3-4-8(11-6-7)2-1-5-10/h3-4,6H,1-2,5,10H2. The number of aromatic nitrogens is 1. The van der Waals surface area contributed by atoms with Gasteiger partial charge in [-0.15, -0.1) is 0 Å². The van der Waals surface area contributed by atoms with Gasteiger partial charge in [0, 0.05) is 15.5 Å². The van der Waals surface area contributed by atoms with Gasteiger partial charge < -0.3 is 5.73 Å². The van der Waals surface area contributed by atoms with E-state index in [1.807, 2.05) is 6.20 Å². The third-order valence-corrected chi connectivity index (χ3v) is 2.06. The molecule has 0 unspecified atom stereocenters. The van der Waals surface area contributed by atoms with Gasteiger partial charge in [-0.3, -0.25) is 4.98 Å². The highest BCUT2D eigenvalue weighted by Gasteiger charge is 1.92. The van der Waals surface area contributed by atoms with Crippen LogP contribution in [-0.2, 0) is 6.42 Å². The quantitative estimate of drug-likeness (QED) is 0.840. The van der Waals surface area contributed by atoms with Gasteiger partial charge in [-0.05, 0) is 54.1 Å². The van der Waals surface area contributed by atoms with Crippen LogP contribution in [0.2, 0.25) is 0 Å². The SMILES string of the molecule is NCCCc1ccc(I)cn1. The van der Waals surface area contributed by atoms with E-state index in [4.69, 9.17) is 5.73 Å². The fraction of sp³-hybridized carbons (Fsp3) is 0.375. The van der Waals surface area contributed by atoms with Crippen LogP contribution in [0.1, 0.15) is 12.1 Å². The predicted octanol–water partition coefficient (Wildman–Crippen LogP) is 1.58. The average Bonchev–Trinajstić information content (AvgIpc) is 2.04. The summed E-state index contributed by atoms with van der Waals surface area (Å²) in [6, 6.07) is 4.12. The lowest BCUT2D eigenvalue weighted by atomic mass is 10.2. The van der Waals surface area contributed by atoms with Crippen molar-refractivity contribution in [3.8, 4) is 0 Å². The molecule has 2 N–H and O–H groups in total. The normalized spacial score (nSPS) is 10.0. The van der Waals surface area contributed by atoms with E-state index in [-0.39, 0.29) is 0 Å². The van der Waals surface area contributed by atoms with Gasteiger partial charge >= 0.3 is 0 Å². The lowest BCUT2D eigenvalue weighted by molar-refractivity contribution is 0.810. The van der Waals surface area contributed by atoms with Crippen molar-refractivity contribution in [3.05, 3.63) is 27.6 Å². The molecule has 1 aromatic rings. The molecule has 1 aromatic heterocycles. The summed E-state index contributed by atoms with van der Waals surface area (Å²) in [5, 5.41) is 0. The molecule has 0 amide bonds. The first-order valence-electron chi connectivity index (χ1n) is 3.63. The Hall–Kier alpha value is -0.160. The van der Waals surface area contributed by atoms with E-state index in [1.54, 1.807) is 0 Å². The van der Waals surface area contributed by atoms with Crippen LogP contribution in [0.5, 0.6) is 0 Å². The Kier molecular flexibility index (Phi) is 3.79. The van der Waals surface area contributed by atoms with Gasteiger partial charge in [0.15, 0.2) is 0 Å².